The van der Waals surface area contributed by atoms with E-state index in [2.05, 4.69) is 17.6 Å². The Balaban J connectivity index is 0.00000256. The highest BCUT2D eigenvalue weighted by molar-refractivity contribution is 5.85. The Morgan fingerprint density at radius 1 is 1.53 bits per heavy atom. The van der Waals surface area contributed by atoms with Crippen LogP contribution in [-0.4, -0.2) is 38.8 Å². The second-order valence-electron chi connectivity index (χ2n) is 4.42. The molecular weight excluding hydrogens is 240 g/mol. The Hall–Kier alpha value is -0.320. The van der Waals surface area contributed by atoms with Crippen LogP contribution in [-0.2, 0) is 9.53 Å². The van der Waals surface area contributed by atoms with E-state index in [0.29, 0.717) is 12.5 Å². The van der Waals surface area contributed by atoms with Gasteiger partial charge in [0.05, 0.1) is 0 Å². The minimum Gasteiger partial charge on any atom is -0.372 e. The van der Waals surface area contributed by atoms with Crippen molar-refractivity contribution in [2.24, 2.45) is 5.92 Å². The van der Waals surface area contributed by atoms with Gasteiger partial charge in [-0.3, -0.25) is 4.79 Å². The summed E-state index contributed by atoms with van der Waals surface area (Å²) < 4.78 is 5.25. The minimum atomic E-state index is 0. The number of carbonyl (C=O) groups is 1. The third-order valence-corrected chi connectivity index (χ3v) is 2.86. The van der Waals surface area contributed by atoms with Crippen LogP contribution in [0.1, 0.15) is 32.6 Å². The lowest BCUT2D eigenvalue weighted by Gasteiger charge is -2.22. The van der Waals surface area contributed by atoms with Crippen LogP contribution in [0.5, 0.6) is 0 Å². The SMILES string of the molecule is CCCCOCC(=O)NCC1CCCNC1.Cl. The van der Waals surface area contributed by atoms with Gasteiger partial charge < -0.3 is 15.4 Å². The summed E-state index contributed by atoms with van der Waals surface area (Å²) in [5.74, 6) is 0.606. The molecule has 1 rings (SSSR count). The van der Waals surface area contributed by atoms with Crippen molar-refractivity contribution in [2.45, 2.75) is 32.6 Å². The molecular formula is C12H25ClN2O2. The highest BCUT2D eigenvalue weighted by Gasteiger charge is 2.13. The summed E-state index contributed by atoms with van der Waals surface area (Å²) in [6, 6.07) is 0. The summed E-state index contributed by atoms with van der Waals surface area (Å²) >= 11 is 0. The van der Waals surface area contributed by atoms with Gasteiger partial charge >= 0.3 is 0 Å². The third kappa shape index (κ3) is 8.41. The highest BCUT2D eigenvalue weighted by atomic mass is 35.5. The van der Waals surface area contributed by atoms with Crippen molar-refractivity contribution in [3.05, 3.63) is 0 Å². The van der Waals surface area contributed by atoms with Gasteiger partial charge in [0.2, 0.25) is 5.91 Å². The predicted molar refractivity (Wildman–Crippen MR) is 71.6 cm³/mol. The molecule has 102 valence electrons. The molecule has 0 spiro atoms. The standard InChI is InChI=1S/C12H24N2O2.ClH/c1-2-3-7-16-10-12(15)14-9-11-5-4-6-13-8-11;/h11,13H,2-10H2,1H3,(H,14,15);1H. The first-order chi connectivity index (χ1) is 7.83. The molecule has 0 saturated carbocycles. The van der Waals surface area contributed by atoms with Crippen molar-refractivity contribution >= 4 is 18.3 Å². The monoisotopic (exact) mass is 264 g/mol. The van der Waals surface area contributed by atoms with Gasteiger partial charge in [0, 0.05) is 13.2 Å². The fourth-order valence-electron chi connectivity index (χ4n) is 1.82. The molecule has 1 saturated heterocycles. The number of carbonyl (C=O) groups excluding carboxylic acids is 1. The van der Waals surface area contributed by atoms with E-state index in [1.54, 1.807) is 0 Å². The average molecular weight is 265 g/mol. The highest BCUT2D eigenvalue weighted by Crippen LogP contribution is 2.07. The van der Waals surface area contributed by atoms with Gasteiger partial charge in [-0.15, -0.1) is 12.4 Å². The molecule has 0 aromatic heterocycles. The number of hydrogen-bond donors (Lipinski definition) is 2. The topological polar surface area (TPSA) is 50.4 Å². The molecule has 1 amide bonds. The first-order valence-corrected chi connectivity index (χ1v) is 6.38. The van der Waals surface area contributed by atoms with Crippen LogP contribution in [0.4, 0.5) is 0 Å². The zero-order chi connectivity index (χ0) is 11.6. The van der Waals surface area contributed by atoms with Crippen molar-refractivity contribution in [1.29, 1.82) is 0 Å². The first kappa shape index (κ1) is 16.7. The molecule has 2 N–H and O–H groups in total. The number of ether oxygens (including phenoxy) is 1. The van der Waals surface area contributed by atoms with Crippen LogP contribution in [0, 0.1) is 5.92 Å². The van der Waals surface area contributed by atoms with Crippen LogP contribution >= 0.6 is 12.4 Å². The summed E-state index contributed by atoms with van der Waals surface area (Å²) in [4.78, 5) is 11.4. The molecule has 1 aliphatic rings. The molecule has 0 bridgehead atoms. The molecule has 1 atom stereocenters. The van der Waals surface area contributed by atoms with E-state index in [1.807, 2.05) is 0 Å². The summed E-state index contributed by atoms with van der Waals surface area (Å²) in [6.07, 6.45) is 4.56. The summed E-state index contributed by atoms with van der Waals surface area (Å²) in [5.41, 5.74) is 0. The number of amides is 1. The van der Waals surface area contributed by atoms with Crippen molar-refractivity contribution in [3.63, 3.8) is 0 Å². The van der Waals surface area contributed by atoms with Crippen molar-refractivity contribution in [2.75, 3.05) is 32.8 Å². The number of unbranched alkanes of at least 4 members (excludes halogenated alkanes) is 1. The number of rotatable bonds is 7. The van der Waals surface area contributed by atoms with Crippen molar-refractivity contribution in [3.8, 4) is 0 Å². The van der Waals surface area contributed by atoms with Gasteiger partial charge in [-0.1, -0.05) is 13.3 Å². The predicted octanol–water partition coefficient (Wildman–Crippen LogP) is 1.34. The number of hydrogen-bond acceptors (Lipinski definition) is 3. The van der Waals surface area contributed by atoms with E-state index >= 15 is 0 Å². The second-order valence-corrected chi connectivity index (χ2v) is 4.42. The molecule has 0 radical (unpaired) electrons. The maximum Gasteiger partial charge on any atom is 0.246 e. The minimum absolute atomic E-state index is 0. The smallest absolute Gasteiger partial charge is 0.246 e. The van der Waals surface area contributed by atoms with Gasteiger partial charge in [-0.25, -0.2) is 0 Å². The Morgan fingerprint density at radius 3 is 3.00 bits per heavy atom. The largest absolute Gasteiger partial charge is 0.372 e. The van der Waals surface area contributed by atoms with Crippen LogP contribution in [0.3, 0.4) is 0 Å². The number of nitrogens with one attached hydrogen (secondary N) is 2. The van der Waals surface area contributed by atoms with E-state index in [-0.39, 0.29) is 24.9 Å². The van der Waals surface area contributed by atoms with Crippen LogP contribution in [0.15, 0.2) is 0 Å². The van der Waals surface area contributed by atoms with E-state index in [1.165, 1.54) is 12.8 Å². The molecule has 1 unspecified atom stereocenters. The van der Waals surface area contributed by atoms with Crippen molar-refractivity contribution < 1.29 is 9.53 Å². The molecule has 5 heteroatoms. The van der Waals surface area contributed by atoms with Crippen LogP contribution in [0.25, 0.3) is 0 Å². The van der Waals surface area contributed by atoms with E-state index < -0.39 is 0 Å². The first-order valence-electron chi connectivity index (χ1n) is 6.38. The molecule has 1 fully saturated rings. The number of piperidine rings is 1. The zero-order valence-corrected chi connectivity index (χ0v) is 11.5. The fraction of sp³-hybridized carbons (Fsp3) is 0.917. The summed E-state index contributed by atoms with van der Waals surface area (Å²) in [6.45, 7) is 5.93. The Morgan fingerprint density at radius 2 is 2.35 bits per heavy atom. The molecule has 0 aromatic rings. The molecule has 4 nitrogen and oxygen atoms in total. The van der Waals surface area contributed by atoms with Crippen LogP contribution < -0.4 is 10.6 Å². The lowest BCUT2D eigenvalue weighted by molar-refractivity contribution is -0.125. The molecule has 0 aromatic carbocycles. The maximum atomic E-state index is 11.4. The summed E-state index contributed by atoms with van der Waals surface area (Å²) in [5, 5.41) is 6.26. The van der Waals surface area contributed by atoms with Crippen LogP contribution in [0.2, 0.25) is 0 Å². The molecule has 1 heterocycles. The Kier molecular flexibility index (Phi) is 10.6. The van der Waals surface area contributed by atoms with Gasteiger partial charge in [-0.05, 0) is 38.3 Å². The number of halogens is 1. The quantitative estimate of drug-likeness (QED) is 0.683. The van der Waals surface area contributed by atoms with E-state index in [0.717, 1.165) is 32.5 Å². The van der Waals surface area contributed by atoms with Crippen molar-refractivity contribution in [1.82, 2.24) is 10.6 Å². The summed E-state index contributed by atoms with van der Waals surface area (Å²) in [7, 11) is 0. The lowest BCUT2D eigenvalue weighted by atomic mass is 10.00. The van der Waals surface area contributed by atoms with Gasteiger partial charge in [0.15, 0.2) is 0 Å². The normalized spacial score (nSPS) is 19.5. The Labute approximate surface area is 110 Å². The third-order valence-electron chi connectivity index (χ3n) is 2.86. The van der Waals surface area contributed by atoms with Gasteiger partial charge in [0.1, 0.15) is 6.61 Å². The maximum absolute atomic E-state index is 11.4. The molecule has 17 heavy (non-hydrogen) atoms. The molecule has 1 aliphatic heterocycles. The fourth-order valence-corrected chi connectivity index (χ4v) is 1.82. The second kappa shape index (κ2) is 10.8. The molecule has 0 aliphatic carbocycles. The van der Waals surface area contributed by atoms with Gasteiger partial charge in [-0.2, -0.15) is 0 Å². The van der Waals surface area contributed by atoms with E-state index in [4.69, 9.17) is 4.74 Å². The Bertz CT molecular complexity index is 197. The lowest BCUT2D eigenvalue weighted by Crippen LogP contribution is -2.39. The average Bonchev–Trinajstić information content (AvgIpc) is 2.33. The van der Waals surface area contributed by atoms with Gasteiger partial charge in [0.25, 0.3) is 0 Å². The zero-order valence-electron chi connectivity index (χ0n) is 10.7. The van der Waals surface area contributed by atoms with E-state index in [9.17, 15) is 4.79 Å².